The number of fused-ring (bicyclic) bond motifs is 3. The Labute approximate surface area is 156 Å². The van der Waals surface area contributed by atoms with Crippen molar-refractivity contribution in [3.8, 4) is 5.75 Å². The molecule has 8 heteroatoms. The first-order valence-electron chi connectivity index (χ1n) is 7.33. The number of benzene rings is 2. The number of ketones is 2. The van der Waals surface area contributed by atoms with Crippen LogP contribution in [0.5, 0.6) is 5.75 Å². The second-order valence-electron chi connectivity index (χ2n) is 5.53. The molecule has 2 aromatic carbocycles. The number of ether oxygens (including phenoxy) is 1. The number of carbonyl (C=O) groups excluding carboxylic acids is 4. The number of amides is 1. The van der Waals surface area contributed by atoms with Crippen LogP contribution in [0.15, 0.2) is 53.7 Å². The van der Waals surface area contributed by atoms with E-state index in [4.69, 9.17) is 27.9 Å². The molecule has 0 saturated carbocycles. The second-order valence-corrected chi connectivity index (χ2v) is 6.40. The maximum Gasteiger partial charge on any atom is 0.361 e. The minimum Gasteiger partial charge on any atom is -0.420 e. The molecule has 26 heavy (non-hydrogen) atoms. The van der Waals surface area contributed by atoms with Crippen LogP contribution in [0.4, 0.5) is 5.69 Å². The lowest BCUT2D eigenvalue weighted by atomic mass is 10.00. The van der Waals surface area contributed by atoms with E-state index in [-0.39, 0.29) is 22.0 Å². The van der Waals surface area contributed by atoms with E-state index in [1.165, 1.54) is 42.5 Å². The van der Waals surface area contributed by atoms with E-state index in [1.54, 1.807) is 0 Å². The first kappa shape index (κ1) is 16.5. The third-order valence-corrected chi connectivity index (χ3v) is 4.46. The Hall–Kier alpha value is -2.96. The van der Waals surface area contributed by atoms with Crippen molar-refractivity contribution in [1.82, 2.24) is 0 Å². The van der Waals surface area contributed by atoms with Crippen molar-refractivity contribution >= 4 is 52.3 Å². The first-order valence-corrected chi connectivity index (χ1v) is 8.09. The fourth-order valence-corrected chi connectivity index (χ4v) is 3.10. The Balaban J connectivity index is 1.91. The summed E-state index contributed by atoms with van der Waals surface area (Å²) >= 11 is 11.7. The molecule has 1 amide bonds. The molecule has 0 saturated heterocycles. The number of esters is 1. The van der Waals surface area contributed by atoms with E-state index in [9.17, 15) is 19.2 Å². The first-order chi connectivity index (χ1) is 12.4. The van der Waals surface area contributed by atoms with Crippen molar-refractivity contribution in [2.45, 2.75) is 0 Å². The zero-order valence-corrected chi connectivity index (χ0v) is 14.3. The van der Waals surface area contributed by atoms with Gasteiger partial charge in [0.05, 0.1) is 5.69 Å². The van der Waals surface area contributed by atoms with Gasteiger partial charge in [0, 0.05) is 15.6 Å². The molecule has 0 aliphatic carbocycles. The molecule has 6 nitrogen and oxygen atoms in total. The SMILES string of the molecule is O=C1Oc2ccc(Cl)cc2N2C(=O)C(=O)C(C(=O)c3ccc(Cl)cc3)=C12. The highest BCUT2D eigenvalue weighted by Crippen LogP contribution is 2.42. The predicted octanol–water partition coefficient (Wildman–Crippen LogP) is 2.97. The van der Waals surface area contributed by atoms with Gasteiger partial charge in [-0.2, -0.15) is 0 Å². The number of hydrogen-bond acceptors (Lipinski definition) is 5. The number of anilines is 1. The summed E-state index contributed by atoms with van der Waals surface area (Å²) in [6.07, 6.45) is 0. The lowest BCUT2D eigenvalue weighted by Gasteiger charge is -2.26. The summed E-state index contributed by atoms with van der Waals surface area (Å²) in [4.78, 5) is 50.9. The summed E-state index contributed by atoms with van der Waals surface area (Å²) in [6.45, 7) is 0. The molecule has 0 bridgehead atoms. The third-order valence-electron chi connectivity index (χ3n) is 3.98. The summed E-state index contributed by atoms with van der Waals surface area (Å²) < 4.78 is 5.16. The molecule has 2 heterocycles. The molecule has 0 N–H and O–H groups in total. The number of rotatable bonds is 2. The molecular weight excluding hydrogens is 381 g/mol. The monoisotopic (exact) mass is 387 g/mol. The highest BCUT2D eigenvalue weighted by molar-refractivity contribution is 6.59. The molecular formula is C18H7Cl2NO5. The normalized spacial score (nSPS) is 15.8. The van der Waals surface area contributed by atoms with Gasteiger partial charge in [-0.3, -0.25) is 19.3 Å². The van der Waals surface area contributed by atoms with E-state index < -0.39 is 34.7 Å². The van der Waals surface area contributed by atoms with Crippen LogP contribution in [-0.2, 0) is 14.4 Å². The van der Waals surface area contributed by atoms with Gasteiger partial charge in [0.1, 0.15) is 5.57 Å². The zero-order chi connectivity index (χ0) is 18.6. The summed E-state index contributed by atoms with van der Waals surface area (Å²) in [6, 6.07) is 9.99. The van der Waals surface area contributed by atoms with E-state index in [2.05, 4.69) is 0 Å². The average molecular weight is 388 g/mol. The topological polar surface area (TPSA) is 80.8 Å². The van der Waals surface area contributed by atoms with Crippen molar-refractivity contribution in [3.63, 3.8) is 0 Å². The third kappa shape index (κ3) is 2.34. The number of halogens is 2. The standard InChI is InChI=1S/C18H7Cl2NO5/c19-9-3-1-8(2-4-9)15(22)13-14-18(25)26-12-6-5-10(20)7-11(12)21(14)17(24)16(13)23/h1-7H. The van der Waals surface area contributed by atoms with E-state index in [0.29, 0.717) is 5.02 Å². The number of carbonyl (C=O) groups is 4. The highest BCUT2D eigenvalue weighted by Gasteiger charge is 2.49. The fourth-order valence-electron chi connectivity index (χ4n) is 2.81. The summed E-state index contributed by atoms with van der Waals surface area (Å²) in [5.41, 5.74) is -0.698. The van der Waals surface area contributed by atoms with Gasteiger partial charge in [0.25, 0.3) is 5.78 Å². The number of Topliss-reactive ketones (excluding diaryl/α,β-unsaturated/α-hetero) is 2. The minimum atomic E-state index is -1.08. The van der Waals surface area contributed by atoms with Gasteiger partial charge in [0.15, 0.2) is 17.2 Å². The lowest BCUT2D eigenvalue weighted by molar-refractivity contribution is -0.133. The summed E-state index contributed by atoms with van der Waals surface area (Å²) in [5, 5.41) is 0.675. The maximum atomic E-state index is 12.8. The highest BCUT2D eigenvalue weighted by atomic mass is 35.5. The van der Waals surface area contributed by atoms with E-state index in [0.717, 1.165) is 4.90 Å². The molecule has 0 fully saturated rings. The van der Waals surface area contributed by atoms with E-state index >= 15 is 0 Å². The summed E-state index contributed by atoms with van der Waals surface area (Å²) in [5.74, 6) is -3.75. The van der Waals surface area contributed by atoms with Crippen LogP contribution in [0, 0.1) is 0 Å². The van der Waals surface area contributed by atoms with Crippen molar-refractivity contribution in [2.75, 3.05) is 4.90 Å². The molecule has 4 rings (SSSR count). The van der Waals surface area contributed by atoms with Crippen molar-refractivity contribution < 1.29 is 23.9 Å². The van der Waals surface area contributed by atoms with Crippen LogP contribution < -0.4 is 9.64 Å². The van der Waals surface area contributed by atoms with Crippen LogP contribution >= 0.6 is 23.2 Å². The Morgan fingerprint density at radius 1 is 0.923 bits per heavy atom. The largest absolute Gasteiger partial charge is 0.420 e. The summed E-state index contributed by atoms with van der Waals surface area (Å²) in [7, 11) is 0. The van der Waals surface area contributed by atoms with Gasteiger partial charge in [-0.1, -0.05) is 23.2 Å². The fraction of sp³-hybridized carbons (Fsp3) is 0. The van der Waals surface area contributed by atoms with Crippen LogP contribution in [0.25, 0.3) is 0 Å². The van der Waals surface area contributed by atoms with Crippen molar-refractivity contribution in [2.24, 2.45) is 0 Å². The van der Waals surface area contributed by atoms with Crippen LogP contribution in [0.3, 0.4) is 0 Å². The molecule has 0 atom stereocenters. The Kier molecular flexibility index (Phi) is 3.68. The molecule has 128 valence electrons. The molecule has 0 spiro atoms. The minimum absolute atomic E-state index is 0.0736. The molecule has 2 aliphatic heterocycles. The predicted molar refractivity (Wildman–Crippen MR) is 92.4 cm³/mol. The maximum absolute atomic E-state index is 12.8. The smallest absolute Gasteiger partial charge is 0.361 e. The number of hydrogen-bond donors (Lipinski definition) is 0. The van der Waals surface area contributed by atoms with Gasteiger partial charge in [0.2, 0.25) is 0 Å². The van der Waals surface area contributed by atoms with E-state index in [1.807, 2.05) is 0 Å². The molecule has 0 radical (unpaired) electrons. The van der Waals surface area contributed by atoms with Gasteiger partial charge in [-0.05, 0) is 42.5 Å². The Morgan fingerprint density at radius 3 is 2.27 bits per heavy atom. The zero-order valence-electron chi connectivity index (χ0n) is 12.8. The second kappa shape index (κ2) is 5.79. The van der Waals surface area contributed by atoms with Crippen LogP contribution in [-0.4, -0.2) is 23.4 Å². The Morgan fingerprint density at radius 2 is 1.58 bits per heavy atom. The van der Waals surface area contributed by atoms with Crippen LogP contribution in [0.2, 0.25) is 10.0 Å². The average Bonchev–Trinajstić information content (AvgIpc) is 2.88. The van der Waals surface area contributed by atoms with Gasteiger partial charge in [-0.25, -0.2) is 4.79 Å². The Bertz CT molecular complexity index is 1060. The number of nitrogens with zero attached hydrogens (tertiary/aromatic N) is 1. The quantitative estimate of drug-likeness (QED) is 0.260. The van der Waals surface area contributed by atoms with Crippen molar-refractivity contribution in [3.05, 3.63) is 69.3 Å². The van der Waals surface area contributed by atoms with Gasteiger partial charge in [-0.15, -0.1) is 0 Å². The molecule has 0 aromatic heterocycles. The lowest BCUT2D eigenvalue weighted by Crippen LogP contribution is -2.36. The van der Waals surface area contributed by atoms with Gasteiger partial charge < -0.3 is 4.74 Å². The molecule has 0 unspecified atom stereocenters. The van der Waals surface area contributed by atoms with Gasteiger partial charge >= 0.3 is 11.9 Å². The van der Waals surface area contributed by atoms with Crippen LogP contribution in [0.1, 0.15) is 10.4 Å². The molecule has 2 aromatic rings. The van der Waals surface area contributed by atoms with Crippen molar-refractivity contribution in [1.29, 1.82) is 0 Å². The molecule has 2 aliphatic rings.